The zero-order valence-corrected chi connectivity index (χ0v) is 10.0. The molecule has 0 spiro atoms. The summed E-state index contributed by atoms with van der Waals surface area (Å²) in [6.45, 7) is 0.456. The lowest BCUT2D eigenvalue weighted by molar-refractivity contribution is -0.229. The van der Waals surface area contributed by atoms with E-state index in [-0.39, 0.29) is 5.56 Å². The van der Waals surface area contributed by atoms with E-state index in [0.717, 1.165) is 4.90 Å². The molecule has 1 rings (SSSR count). The van der Waals surface area contributed by atoms with Crippen molar-refractivity contribution >= 4 is 17.5 Å². The van der Waals surface area contributed by atoms with Crippen LogP contribution in [0.1, 0.15) is 17.3 Å². The fraction of sp³-hybridized carbons (Fsp3) is 0.364. The molecule has 0 heterocycles. The number of hydrogen-bond donors (Lipinski definition) is 1. The molecule has 0 aromatic heterocycles. The zero-order chi connectivity index (χ0) is 13.3. The fourth-order valence-electron chi connectivity index (χ4n) is 1.15. The highest BCUT2D eigenvalue weighted by atomic mass is 32.2. The summed E-state index contributed by atoms with van der Waals surface area (Å²) in [5.74, 6) is -1.35. The van der Waals surface area contributed by atoms with Crippen LogP contribution in [0.4, 0.5) is 13.2 Å². The third-order valence-electron chi connectivity index (χ3n) is 2.35. The highest BCUT2D eigenvalue weighted by Gasteiger charge is 2.55. The summed E-state index contributed by atoms with van der Waals surface area (Å²) in [5, 5.41) is 9.22. The van der Waals surface area contributed by atoms with Gasteiger partial charge in [-0.2, -0.15) is 13.2 Å². The van der Waals surface area contributed by atoms with E-state index in [4.69, 9.17) is 0 Å². The van der Waals surface area contributed by atoms with Gasteiger partial charge in [-0.05, 0) is 25.3 Å². The van der Waals surface area contributed by atoms with Gasteiger partial charge in [0, 0.05) is 10.5 Å². The molecule has 0 aliphatic rings. The van der Waals surface area contributed by atoms with Crippen LogP contribution in [0.5, 0.6) is 0 Å². The SMILES string of the molecule is CSc1ccc(C(=O)C(C)(O)C(F)(F)F)cc1. The highest BCUT2D eigenvalue weighted by Crippen LogP contribution is 2.33. The Morgan fingerprint density at radius 3 is 2.06 bits per heavy atom. The third kappa shape index (κ3) is 2.81. The molecule has 1 atom stereocenters. The first-order valence-corrected chi connectivity index (χ1v) is 5.90. The number of hydrogen-bond acceptors (Lipinski definition) is 3. The van der Waals surface area contributed by atoms with Gasteiger partial charge in [-0.3, -0.25) is 4.79 Å². The van der Waals surface area contributed by atoms with Gasteiger partial charge in [0.25, 0.3) is 0 Å². The first-order chi connectivity index (χ1) is 7.70. The first-order valence-electron chi connectivity index (χ1n) is 4.68. The summed E-state index contributed by atoms with van der Waals surface area (Å²) >= 11 is 1.41. The number of benzene rings is 1. The maximum atomic E-state index is 12.4. The molecule has 0 amide bonds. The minimum atomic E-state index is -4.98. The molecule has 0 bridgehead atoms. The van der Waals surface area contributed by atoms with Crippen LogP contribution in [0.3, 0.4) is 0 Å². The number of thioether (sulfide) groups is 1. The molecular weight excluding hydrogens is 253 g/mol. The average molecular weight is 264 g/mol. The Bertz CT molecular complexity index is 410. The molecule has 17 heavy (non-hydrogen) atoms. The quantitative estimate of drug-likeness (QED) is 0.673. The van der Waals surface area contributed by atoms with Crippen molar-refractivity contribution in [1.82, 2.24) is 0 Å². The topological polar surface area (TPSA) is 37.3 Å². The second-order valence-electron chi connectivity index (χ2n) is 3.63. The standard InChI is InChI=1S/C11H11F3O2S/c1-10(16,11(12,13)14)9(15)7-3-5-8(17-2)6-4-7/h3-6,16H,1-2H3. The minimum Gasteiger partial charge on any atom is -0.374 e. The lowest BCUT2D eigenvalue weighted by Crippen LogP contribution is -2.49. The van der Waals surface area contributed by atoms with Gasteiger partial charge in [0.15, 0.2) is 0 Å². The fourth-order valence-corrected chi connectivity index (χ4v) is 1.56. The third-order valence-corrected chi connectivity index (χ3v) is 3.09. The Labute approximate surface area is 101 Å². The van der Waals surface area contributed by atoms with E-state index in [2.05, 4.69) is 0 Å². The summed E-state index contributed by atoms with van der Waals surface area (Å²) in [4.78, 5) is 12.4. The van der Waals surface area contributed by atoms with Crippen LogP contribution in [0.2, 0.25) is 0 Å². The second-order valence-corrected chi connectivity index (χ2v) is 4.51. The number of halogens is 3. The highest BCUT2D eigenvalue weighted by molar-refractivity contribution is 7.98. The molecular formula is C11H11F3O2S. The van der Waals surface area contributed by atoms with Crippen molar-refractivity contribution in [2.75, 3.05) is 6.26 Å². The van der Waals surface area contributed by atoms with Gasteiger partial charge in [-0.25, -0.2) is 0 Å². The monoisotopic (exact) mass is 264 g/mol. The van der Waals surface area contributed by atoms with E-state index >= 15 is 0 Å². The lowest BCUT2D eigenvalue weighted by Gasteiger charge is -2.24. The van der Waals surface area contributed by atoms with Crippen molar-refractivity contribution in [3.63, 3.8) is 0 Å². The van der Waals surface area contributed by atoms with Gasteiger partial charge in [-0.15, -0.1) is 11.8 Å². The van der Waals surface area contributed by atoms with Crippen molar-refractivity contribution < 1.29 is 23.1 Å². The van der Waals surface area contributed by atoms with Crippen molar-refractivity contribution in [2.24, 2.45) is 0 Å². The molecule has 0 saturated carbocycles. The van der Waals surface area contributed by atoms with Crippen LogP contribution in [-0.2, 0) is 0 Å². The van der Waals surface area contributed by atoms with Gasteiger partial charge in [0.1, 0.15) is 0 Å². The van der Waals surface area contributed by atoms with Gasteiger partial charge in [-0.1, -0.05) is 12.1 Å². The van der Waals surface area contributed by atoms with Gasteiger partial charge < -0.3 is 5.11 Å². The molecule has 1 aromatic rings. The molecule has 1 unspecified atom stereocenters. The van der Waals surface area contributed by atoms with Crippen LogP contribution in [0, 0.1) is 0 Å². The van der Waals surface area contributed by atoms with Gasteiger partial charge in [0.05, 0.1) is 0 Å². The maximum absolute atomic E-state index is 12.4. The maximum Gasteiger partial charge on any atom is 0.424 e. The Balaban J connectivity index is 3.04. The smallest absolute Gasteiger partial charge is 0.374 e. The lowest BCUT2D eigenvalue weighted by atomic mass is 9.94. The van der Waals surface area contributed by atoms with E-state index in [0.29, 0.717) is 6.92 Å². The second kappa shape index (κ2) is 4.70. The van der Waals surface area contributed by atoms with E-state index in [1.807, 2.05) is 6.26 Å². The van der Waals surface area contributed by atoms with E-state index in [1.165, 1.54) is 36.0 Å². The largest absolute Gasteiger partial charge is 0.424 e. The normalized spacial score (nSPS) is 15.4. The average Bonchev–Trinajstić information content (AvgIpc) is 2.26. The number of ketones is 1. The summed E-state index contributed by atoms with van der Waals surface area (Å²) in [6.07, 6.45) is -3.18. The number of carbonyl (C=O) groups is 1. The van der Waals surface area contributed by atoms with Crippen molar-refractivity contribution in [1.29, 1.82) is 0 Å². The van der Waals surface area contributed by atoms with Crippen molar-refractivity contribution in [2.45, 2.75) is 23.6 Å². The number of alkyl halides is 3. The summed E-state index contributed by atoms with van der Waals surface area (Å²) < 4.78 is 37.3. The van der Waals surface area contributed by atoms with Crippen LogP contribution in [-0.4, -0.2) is 28.9 Å². The van der Waals surface area contributed by atoms with Crippen molar-refractivity contribution in [3.8, 4) is 0 Å². The van der Waals surface area contributed by atoms with E-state index in [1.54, 1.807) is 0 Å². The molecule has 0 saturated heterocycles. The van der Waals surface area contributed by atoms with E-state index in [9.17, 15) is 23.1 Å². The Hall–Kier alpha value is -1.01. The number of rotatable bonds is 3. The Morgan fingerprint density at radius 2 is 1.71 bits per heavy atom. The number of aliphatic hydroxyl groups is 1. The molecule has 0 fully saturated rings. The molecule has 0 aliphatic carbocycles. The molecule has 94 valence electrons. The van der Waals surface area contributed by atoms with Gasteiger partial charge in [0.2, 0.25) is 11.4 Å². The molecule has 6 heteroatoms. The van der Waals surface area contributed by atoms with Crippen LogP contribution in [0.15, 0.2) is 29.2 Å². The summed E-state index contributed by atoms with van der Waals surface area (Å²) in [7, 11) is 0. The van der Waals surface area contributed by atoms with Crippen molar-refractivity contribution in [3.05, 3.63) is 29.8 Å². The minimum absolute atomic E-state index is 0.162. The number of carbonyl (C=O) groups excluding carboxylic acids is 1. The predicted octanol–water partition coefficient (Wildman–Crippen LogP) is 2.90. The zero-order valence-electron chi connectivity index (χ0n) is 9.21. The molecule has 1 aromatic carbocycles. The Morgan fingerprint density at radius 1 is 1.24 bits per heavy atom. The predicted molar refractivity (Wildman–Crippen MR) is 59.2 cm³/mol. The summed E-state index contributed by atoms with van der Waals surface area (Å²) in [6, 6.07) is 5.61. The Kier molecular flexibility index (Phi) is 3.88. The summed E-state index contributed by atoms with van der Waals surface area (Å²) in [5.41, 5.74) is -3.52. The molecule has 0 aliphatic heterocycles. The molecule has 1 N–H and O–H groups in total. The first kappa shape index (κ1) is 14.1. The number of Topliss-reactive ketones (excluding diaryl/α,β-unsaturated/α-hetero) is 1. The van der Waals surface area contributed by atoms with Crippen LogP contribution >= 0.6 is 11.8 Å². The van der Waals surface area contributed by atoms with E-state index < -0.39 is 17.6 Å². The molecule has 0 radical (unpaired) electrons. The van der Waals surface area contributed by atoms with Crippen LogP contribution in [0.25, 0.3) is 0 Å². The van der Waals surface area contributed by atoms with Crippen LogP contribution < -0.4 is 0 Å². The van der Waals surface area contributed by atoms with Gasteiger partial charge >= 0.3 is 6.18 Å². The molecule has 2 nitrogen and oxygen atoms in total.